The molecule has 7 nitrogen and oxygen atoms in total. The second-order valence-corrected chi connectivity index (χ2v) is 5.63. The monoisotopic (exact) mass is 358 g/mol. The molecular formula is C19H22N2O5. The normalized spacial score (nSPS) is 10.2. The number of hydrazine groups is 1. The predicted octanol–water partition coefficient (Wildman–Crippen LogP) is 2.32. The van der Waals surface area contributed by atoms with Gasteiger partial charge in [0.25, 0.3) is 11.8 Å². The Morgan fingerprint density at radius 3 is 2.23 bits per heavy atom. The molecule has 0 radical (unpaired) electrons. The molecule has 0 aliphatic carbocycles. The summed E-state index contributed by atoms with van der Waals surface area (Å²) in [6, 6.07) is 13.6. The Labute approximate surface area is 152 Å². The highest BCUT2D eigenvalue weighted by Crippen LogP contribution is 2.25. The molecule has 0 spiro atoms. The molecule has 0 atom stereocenters. The first-order valence-corrected chi connectivity index (χ1v) is 8.11. The lowest BCUT2D eigenvalue weighted by molar-refractivity contribution is -0.123. The molecule has 0 aliphatic rings. The van der Waals surface area contributed by atoms with Crippen LogP contribution in [0.1, 0.15) is 24.2 Å². The number of ether oxygens (including phenoxy) is 3. The van der Waals surface area contributed by atoms with Crippen molar-refractivity contribution in [3.8, 4) is 17.2 Å². The summed E-state index contributed by atoms with van der Waals surface area (Å²) < 4.78 is 16.0. The summed E-state index contributed by atoms with van der Waals surface area (Å²) in [7, 11) is 1.51. The van der Waals surface area contributed by atoms with Gasteiger partial charge in [-0.25, -0.2) is 0 Å². The molecule has 0 aromatic heterocycles. The standard InChI is InChI=1S/C19H22N2O5/c1-13(2)26-15-10-8-14(9-11-15)19(23)21-20-18(22)12-25-17-7-5-4-6-16(17)24-3/h4-11,13H,12H2,1-3H3,(H,20,22)(H,21,23). The summed E-state index contributed by atoms with van der Waals surface area (Å²) in [6.45, 7) is 3.58. The molecule has 0 aliphatic heterocycles. The topological polar surface area (TPSA) is 85.9 Å². The van der Waals surface area contributed by atoms with E-state index in [2.05, 4.69) is 10.9 Å². The molecule has 2 rings (SSSR count). The van der Waals surface area contributed by atoms with Crippen LogP contribution in [0.4, 0.5) is 0 Å². The van der Waals surface area contributed by atoms with Gasteiger partial charge >= 0.3 is 0 Å². The van der Waals surface area contributed by atoms with Crippen molar-refractivity contribution >= 4 is 11.8 Å². The Bertz CT molecular complexity index is 744. The Balaban J connectivity index is 1.80. The van der Waals surface area contributed by atoms with Gasteiger partial charge in [0.05, 0.1) is 13.2 Å². The predicted molar refractivity (Wildman–Crippen MR) is 96.3 cm³/mol. The van der Waals surface area contributed by atoms with E-state index < -0.39 is 11.8 Å². The second-order valence-electron chi connectivity index (χ2n) is 5.63. The SMILES string of the molecule is COc1ccccc1OCC(=O)NNC(=O)c1ccc(OC(C)C)cc1. The minimum atomic E-state index is -0.496. The molecule has 0 unspecified atom stereocenters. The Morgan fingerprint density at radius 1 is 0.962 bits per heavy atom. The number of hydrogen-bond acceptors (Lipinski definition) is 5. The van der Waals surface area contributed by atoms with Crippen LogP contribution in [0.5, 0.6) is 17.2 Å². The summed E-state index contributed by atoms with van der Waals surface area (Å²) in [6.07, 6.45) is 0.0530. The van der Waals surface area contributed by atoms with E-state index in [1.54, 1.807) is 48.5 Å². The van der Waals surface area contributed by atoms with Crippen molar-refractivity contribution in [3.05, 3.63) is 54.1 Å². The van der Waals surface area contributed by atoms with Crippen molar-refractivity contribution in [1.29, 1.82) is 0 Å². The van der Waals surface area contributed by atoms with Gasteiger partial charge in [-0.1, -0.05) is 12.1 Å². The van der Waals surface area contributed by atoms with Crippen LogP contribution >= 0.6 is 0 Å². The van der Waals surface area contributed by atoms with Crippen molar-refractivity contribution in [2.45, 2.75) is 20.0 Å². The minimum Gasteiger partial charge on any atom is -0.493 e. The maximum Gasteiger partial charge on any atom is 0.276 e. The Hall–Kier alpha value is -3.22. The van der Waals surface area contributed by atoms with Crippen molar-refractivity contribution in [2.75, 3.05) is 13.7 Å². The number of amides is 2. The van der Waals surface area contributed by atoms with Crippen molar-refractivity contribution in [3.63, 3.8) is 0 Å². The molecular weight excluding hydrogens is 336 g/mol. The lowest BCUT2D eigenvalue weighted by Gasteiger charge is -2.12. The molecule has 0 bridgehead atoms. The van der Waals surface area contributed by atoms with Gasteiger partial charge in [0.1, 0.15) is 5.75 Å². The quantitative estimate of drug-likeness (QED) is 0.742. The number of carbonyl (C=O) groups is 2. The zero-order chi connectivity index (χ0) is 18.9. The minimum absolute atomic E-state index is 0.0530. The zero-order valence-electron chi connectivity index (χ0n) is 14.9. The molecule has 2 amide bonds. The molecule has 26 heavy (non-hydrogen) atoms. The van der Waals surface area contributed by atoms with Gasteiger partial charge in [-0.05, 0) is 50.2 Å². The fraction of sp³-hybridized carbons (Fsp3) is 0.263. The second kappa shape index (κ2) is 9.31. The molecule has 0 fully saturated rings. The maximum atomic E-state index is 12.0. The van der Waals surface area contributed by atoms with E-state index in [0.29, 0.717) is 22.8 Å². The summed E-state index contributed by atoms with van der Waals surface area (Å²) in [4.78, 5) is 23.8. The van der Waals surface area contributed by atoms with Crippen LogP contribution < -0.4 is 25.1 Å². The molecule has 0 saturated carbocycles. The number of nitrogens with one attached hydrogen (secondary N) is 2. The third-order valence-electron chi connectivity index (χ3n) is 3.23. The Kier molecular flexibility index (Phi) is 6.84. The van der Waals surface area contributed by atoms with Crippen LogP contribution in [0, 0.1) is 0 Å². The first-order chi connectivity index (χ1) is 12.5. The number of carbonyl (C=O) groups excluding carboxylic acids is 2. The van der Waals surface area contributed by atoms with Gasteiger partial charge in [-0.15, -0.1) is 0 Å². The van der Waals surface area contributed by atoms with Crippen molar-refractivity contribution < 1.29 is 23.8 Å². The molecule has 7 heteroatoms. The van der Waals surface area contributed by atoms with Crippen LogP contribution in [0.25, 0.3) is 0 Å². The van der Waals surface area contributed by atoms with E-state index in [-0.39, 0.29) is 12.7 Å². The highest BCUT2D eigenvalue weighted by atomic mass is 16.5. The van der Waals surface area contributed by atoms with Gasteiger partial charge < -0.3 is 14.2 Å². The summed E-state index contributed by atoms with van der Waals surface area (Å²) in [5.74, 6) is 0.701. The number of rotatable bonds is 7. The number of benzene rings is 2. The average molecular weight is 358 g/mol. The smallest absolute Gasteiger partial charge is 0.276 e. The Morgan fingerprint density at radius 2 is 1.62 bits per heavy atom. The number of para-hydroxylation sites is 2. The highest BCUT2D eigenvalue weighted by Gasteiger charge is 2.10. The maximum absolute atomic E-state index is 12.0. The molecule has 0 heterocycles. The van der Waals surface area contributed by atoms with Gasteiger partial charge in [0, 0.05) is 5.56 Å². The molecule has 2 aromatic carbocycles. The van der Waals surface area contributed by atoms with Crippen molar-refractivity contribution in [1.82, 2.24) is 10.9 Å². The van der Waals surface area contributed by atoms with E-state index in [1.807, 2.05) is 13.8 Å². The average Bonchev–Trinajstić information content (AvgIpc) is 2.64. The summed E-state index contributed by atoms with van der Waals surface area (Å²) in [5, 5.41) is 0. The third-order valence-corrected chi connectivity index (χ3v) is 3.23. The highest BCUT2D eigenvalue weighted by molar-refractivity contribution is 5.95. The van der Waals surface area contributed by atoms with Gasteiger partial charge in [-0.3, -0.25) is 20.4 Å². The van der Waals surface area contributed by atoms with Crippen LogP contribution in [0.15, 0.2) is 48.5 Å². The molecule has 0 saturated heterocycles. The summed E-state index contributed by atoms with van der Waals surface area (Å²) in [5.41, 5.74) is 5.03. The lowest BCUT2D eigenvalue weighted by atomic mass is 10.2. The van der Waals surface area contributed by atoms with Crippen molar-refractivity contribution in [2.24, 2.45) is 0 Å². The number of methoxy groups -OCH3 is 1. The third kappa shape index (κ3) is 5.70. The van der Waals surface area contributed by atoms with E-state index in [1.165, 1.54) is 7.11 Å². The van der Waals surface area contributed by atoms with Crippen LogP contribution in [0.3, 0.4) is 0 Å². The fourth-order valence-electron chi connectivity index (χ4n) is 2.07. The van der Waals surface area contributed by atoms with Gasteiger partial charge in [0.15, 0.2) is 18.1 Å². The van der Waals surface area contributed by atoms with Gasteiger partial charge in [0.2, 0.25) is 0 Å². The molecule has 2 aromatic rings. The molecule has 138 valence electrons. The van der Waals surface area contributed by atoms with Crippen LogP contribution in [0.2, 0.25) is 0 Å². The van der Waals surface area contributed by atoms with E-state index in [0.717, 1.165) is 0 Å². The number of hydrogen-bond donors (Lipinski definition) is 2. The van der Waals surface area contributed by atoms with Crippen LogP contribution in [-0.2, 0) is 4.79 Å². The van der Waals surface area contributed by atoms with Gasteiger partial charge in [-0.2, -0.15) is 0 Å². The first-order valence-electron chi connectivity index (χ1n) is 8.11. The van der Waals surface area contributed by atoms with Crippen LogP contribution in [-0.4, -0.2) is 31.6 Å². The largest absolute Gasteiger partial charge is 0.493 e. The lowest BCUT2D eigenvalue weighted by Crippen LogP contribution is -2.43. The van der Waals surface area contributed by atoms with E-state index >= 15 is 0 Å². The first kappa shape index (κ1) is 19.1. The fourth-order valence-corrected chi connectivity index (χ4v) is 2.07. The van der Waals surface area contributed by atoms with E-state index in [9.17, 15) is 9.59 Å². The zero-order valence-corrected chi connectivity index (χ0v) is 14.9. The molecule has 2 N–H and O–H groups in total. The van der Waals surface area contributed by atoms with E-state index in [4.69, 9.17) is 14.2 Å². The summed E-state index contributed by atoms with van der Waals surface area (Å²) >= 11 is 0.